The number of hydrogen-bond donors (Lipinski definition) is 2. The van der Waals surface area contributed by atoms with Gasteiger partial charge in [-0.3, -0.25) is 9.59 Å². The standard InChI is InChI=1S/C34H60O6/c1-3-5-7-9-11-12-13-15-19-23-27-33(37)39-30-32(29-35)40-34(38)28-24-20-16-18-22-26-31(36)25-21-17-14-10-8-6-4-2/h6,8,14,17,21,25,31-32,35-36H,3-5,7,9-13,15-16,18-20,22-24,26-30H2,1-2H3/b8-6+,17-14+,25-21+/t31?,32-/m0/s1. The number of allylic oxidation sites excluding steroid dienone is 5. The highest BCUT2D eigenvalue weighted by Crippen LogP contribution is 2.13. The summed E-state index contributed by atoms with van der Waals surface area (Å²) in [6.45, 7) is 3.89. The number of hydrogen-bond acceptors (Lipinski definition) is 6. The van der Waals surface area contributed by atoms with Gasteiger partial charge < -0.3 is 19.7 Å². The number of rotatable bonds is 28. The minimum Gasteiger partial charge on any atom is -0.462 e. The first-order valence-corrected chi connectivity index (χ1v) is 16.2. The van der Waals surface area contributed by atoms with Crippen molar-refractivity contribution in [3.05, 3.63) is 36.5 Å². The van der Waals surface area contributed by atoms with Crippen molar-refractivity contribution in [1.29, 1.82) is 0 Å². The fraction of sp³-hybridized carbons (Fsp3) is 0.765. The van der Waals surface area contributed by atoms with E-state index >= 15 is 0 Å². The van der Waals surface area contributed by atoms with Crippen LogP contribution in [-0.2, 0) is 19.1 Å². The molecule has 0 aromatic rings. The van der Waals surface area contributed by atoms with Gasteiger partial charge in [-0.05, 0) is 32.1 Å². The molecule has 40 heavy (non-hydrogen) atoms. The van der Waals surface area contributed by atoms with Gasteiger partial charge >= 0.3 is 11.9 Å². The maximum Gasteiger partial charge on any atom is 0.306 e. The van der Waals surface area contributed by atoms with Crippen LogP contribution in [0.5, 0.6) is 0 Å². The zero-order valence-electron chi connectivity index (χ0n) is 25.7. The van der Waals surface area contributed by atoms with Gasteiger partial charge in [0, 0.05) is 12.8 Å². The molecule has 0 bridgehead atoms. The van der Waals surface area contributed by atoms with E-state index in [1.807, 2.05) is 18.2 Å². The van der Waals surface area contributed by atoms with Crippen LogP contribution < -0.4 is 0 Å². The van der Waals surface area contributed by atoms with Crippen LogP contribution in [0.15, 0.2) is 36.5 Å². The molecule has 0 heterocycles. The second-order valence-corrected chi connectivity index (χ2v) is 10.7. The molecule has 0 spiro atoms. The summed E-state index contributed by atoms with van der Waals surface area (Å²) in [5, 5.41) is 19.5. The smallest absolute Gasteiger partial charge is 0.306 e. The molecule has 2 atom stereocenters. The number of carbonyl (C=O) groups is 2. The van der Waals surface area contributed by atoms with Crippen molar-refractivity contribution in [1.82, 2.24) is 0 Å². The Morgan fingerprint density at radius 3 is 1.88 bits per heavy atom. The van der Waals surface area contributed by atoms with Crippen LogP contribution >= 0.6 is 0 Å². The summed E-state index contributed by atoms with van der Waals surface area (Å²) < 4.78 is 10.5. The average molecular weight is 565 g/mol. The quantitative estimate of drug-likeness (QED) is 0.0430. The lowest BCUT2D eigenvalue weighted by Gasteiger charge is -2.15. The van der Waals surface area contributed by atoms with E-state index in [2.05, 4.69) is 32.1 Å². The normalized spacial score (nSPS) is 13.4. The van der Waals surface area contributed by atoms with Gasteiger partial charge in [-0.25, -0.2) is 0 Å². The summed E-state index contributed by atoms with van der Waals surface area (Å²) in [4.78, 5) is 24.0. The van der Waals surface area contributed by atoms with Crippen LogP contribution in [-0.4, -0.2) is 47.6 Å². The molecule has 232 valence electrons. The molecule has 0 aliphatic heterocycles. The third-order valence-corrected chi connectivity index (χ3v) is 6.80. The molecule has 0 aromatic carbocycles. The van der Waals surface area contributed by atoms with Gasteiger partial charge in [0.25, 0.3) is 0 Å². The first-order valence-electron chi connectivity index (χ1n) is 16.2. The van der Waals surface area contributed by atoms with E-state index in [9.17, 15) is 19.8 Å². The number of esters is 2. The predicted molar refractivity (Wildman–Crippen MR) is 165 cm³/mol. The fourth-order valence-corrected chi connectivity index (χ4v) is 4.32. The second kappa shape index (κ2) is 30.0. The summed E-state index contributed by atoms with van der Waals surface area (Å²) in [6.07, 6.45) is 30.8. The number of ether oxygens (including phenoxy) is 2. The van der Waals surface area contributed by atoms with E-state index in [1.165, 1.54) is 44.9 Å². The van der Waals surface area contributed by atoms with Gasteiger partial charge in [0.15, 0.2) is 6.10 Å². The molecule has 0 amide bonds. The van der Waals surface area contributed by atoms with Crippen molar-refractivity contribution in [2.45, 2.75) is 154 Å². The molecule has 6 heteroatoms. The van der Waals surface area contributed by atoms with Gasteiger partial charge in [-0.15, -0.1) is 0 Å². The lowest BCUT2D eigenvalue weighted by molar-refractivity contribution is -0.161. The summed E-state index contributed by atoms with van der Waals surface area (Å²) in [5.74, 6) is -0.672. The molecule has 0 aliphatic rings. The molecule has 0 saturated heterocycles. The molecule has 0 radical (unpaired) electrons. The Bertz CT molecular complexity index is 669. The number of unbranched alkanes of at least 4 members (excludes halogenated alkanes) is 13. The van der Waals surface area contributed by atoms with Gasteiger partial charge in [0.1, 0.15) is 6.61 Å². The zero-order valence-corrected chi connectivity index (χ0v) is 25.7. The van der Waals surface area contributed by atoms with Crippen LogP contribution in [0.1, 0.15) is 142 Å². The van der Waals surface area contributed by atoms with Crippen LogP contribution in [0, 0.1) is 0 Å². The summed E-state index contributed by atoms with van der Waals surface area (Å²) in [6, 6.07) is 0. The van der Waals surface area contributed by atoms with Gasteiger partial charge in [0.05, 0.1) is 12.7 Å². The Kier molecular flexibility index (Phi) is 28.6. The lowest BCUT2D eigenvalue weighted by atomic mass is 10.1. The first kappa shape index (κ1) is 38.1. The van der Waals surface area contributed by atoms with Crippen molar-refractivity contribution in [3.63, 3.8) is 0 Å². The van der Waals surface area contributed by atoms with Crippen molar-refractivity contribution >= 4 is 11.9 Å². The first-order chi connectivity index (χ1) is 19.5. The fourth-order valence-electron chi connectivity index (χ4n) is 4.32. The van der Waals surface area contributed by atoms with Gasteiger partial charge in [0.2, 0.25) is 0 Å². The highest BCUT2D eigenvalue weighted by atomic mass is 16.6. The third kappa shape index (κ3) is 27.6. The largest absolute Gasteiger partial charge is 0.462 e. The molecule has 0 aliphatic carbocycles. The van der Waals surface area contributed by atoms with Crippen LogP contribution in [0.4, 0.5) is 0 Å². The van der Waals surface area contributed by atoms with E-state index in [4.69, 9.17) is 9.47 Å². The van der Waals surface area contributed by atoms with Gasteiger partial charge in [-0.2, -0.15) is 0 Å². The molecule has 0 rings (SSSR count). The molecule has 0 fully saturated rings. The van der Waals surface area contributed by atoms with E-state index in [1.54, 1.807) is 0 Å². The number of aliphatic hydroxyl groups is 2. The minimum atomic E-state index is -0.804. The predicted octanol–water partition coefficient (Wildman–Crippen LogP) is 8.31. The van der Waals surface area contributed by atoms with E-state index in [-0.39, 0.29) is 31.6 Å². The molecule has 0 saturated carbocycles. The molecular weight excluding hydrogens is 504 g/mol. The number of aliphatic hydroxyl groups excluding tert-OH is 2. The second-order valence-electron chi connectivity index (χ2n) is 10.7. The maximum absolute atomic E-state index is 12.1. The van der Waals surface area contributed by atoms with Crippen molar-refractivity contribution in [3.8, 4) is 0 Å². The van der Waals surface area contributed by atoms with E-state index < -0.39 is 12.2 Å². The Balaban J connectivity index is 3.71. The Labute approximate surface area is 245 Å². The van der Waals surface area contributed by atoms with Gasteiger partial charge in [-0.1, -0.05) is 134 Å². The SMILES string of the molecule is CC/C=C/C/C=C/C=C/C(O)CCCCCCCC(=O)O[C@@H](CO)COC(=O)CCCCCCCCCCCC. The van der Waals surface area contributed by atoms with Crippen molar-refractivity contribution in [2.75, 3.05) is 13.2 Å². The van der Waals surface area contributed by atoms with Crippen LogP contribution in [0.25, 0.3) is 0 Å². The highest BCUT2D eigenvalue weighted by molar-refractivity contribution is 5.70. The van der Waals surface area contributed by atoms with E-state index in [0.29, 0.717) is 6.42 Å². The Hall–Kier alpha value is -1.92. The van der Waals surface area contributed by atoms with E-state index in [0.717, 1.165) is 70.6 Å². The number of carbonyl (C=O) groups excluding carboxylic acids is 2. The lowest BCUT2D eigenvalue weighted by Crippen LogP contribution is -2.28. The minimum absolute atomic E-state index is 0.0959. The van der Waals surface area contributed by atoms with Crippen molar-refractivity contribution in [2.24, 2.45) is 0 Å². The Morgan fingerprint density at radius 1 is 0.700 bits per heavy atom. The third-order valence-electron chi connectivity index (χ3n) is 6.80. The summed E-state index contributed by atoms with van der Waals surface area (Å²) in [5.41, 5.74) is 0. The van der Waals surface area contributed by atoms with Crippen molar-refractivity contribution < 1.29 is 29.3 Å². The maximum atomic E-state index is 12.1. The monoisotopic (exact) mass is 564 g/mol. The molecular formula is C34H60O6. The zero-order chi connectivity index (χ0) is 29.5. The van der Waals surface area contributed by atoms with Crippen LogP contribution in [0.2, 0.25) is 0 Å². The topological polar surface area (TPSA) is 93.1 Å². The Morgan fingerprint density at radius 2 is 1.27 bits per heavy atom. The average Bonchev–Trinajstić information content (AvgIpc) is 2.95. The molecule has 2 N–H and O–H groups in total. The van der Waals surface area contributed by atoms with Crippen LogP contribution in [0.3, 0.4) is 0 Å². The summed E-state index contributed by atoms with van der Waals surface area (Å²) >= 11 is 0. The summed E-state index contributed by atoms with van der Waals surface area (Å²) in [7, 11) is 0. The molecule has 1 unspecified atom stereocenters. The highest BCUT2D eigenvalue weighted by Gasteiger charge is 2.16. The molecule has 6 nitrogen and oxygen atoms in total. The molecule has 0 aromatic heterocycles.